The zero-order chi connectivity index (χ0) is 28.6. The average molecular weight is 594 g/mol. The molecule has 0 saturated heterocycles. The molecule has 10 heteroatoms. The van der Waals surface area contributed by atoms with E-state index in [0.29, 0.717) is 50.0 Å². The van der Waals surface area contributed by atoms with Gasteiger partial charge >= 0.3 is 5.97 Å². The van der Waals surface area contributed by atoms with Crippen LogP contribution in [0.4, 0.5) is 5.95 Å². The van der Waals surface area contributed by atoms with Crippen molar-refractivity contribution in [3.63, 3.8) is 0 Å². The lowest BCUT2D eigenvalue weighted by atomic mass is 9.96. The summed E-state index contributed by atoms with van der Waals surface area (Å²) in [4.78, 5) is 45.1. The Bertz CT molecular complexity index is 1400. The van der Waals surface area contributed by atoms with Gasteiger partial charge in [0, 0.05) is 38.5 Å². The first-order valence-corrected chi connectivity index (χ1v) is 14.6. The highest BCUT2D eigenvalue weighted by molar-refractivity contribution is 5.85. The lowest BCUT2D eigenvalue weighted by Crippen LogP contribution is -2.42. The molecular weight excluding hydrogens is 554 g/mol. The highest BCUT2D eigenvalue weighted by Gasteiger charge is 2.27. The number of carbonyl (C=O) groups excluding carboxylic acids is 2. The smallest absolute Gasteiger partial charge is 0.309 e. The molecule has 2 N–H and O–H groups in total. The number of fused-ring (bicyclic) bond motifs is 1. The molecule has 1 aliphatic heterocycles. The molecule has 224 valence electrons. The summed E-state index contributed by atoms with van der Waals surface area (Å²) in [6, 6.07) is 17.7. The maximum Gasteiger partial charge on any atom is 0.309 e. The van der Waals surface area contributed by atoms with E-state index in [0.717, 1.165) is 35.3 Å². The second-order valence-electron chi connectivity index (χ2n) is 10.9. The molecule has 1 fully saturated rings. The van der Waals surface area contributed by atoms with Crippen molar-refractivity contribution in [1.82, 2.24) is 19.8 Å². The van der Waals surface area contributed by atoms with Crippen molar-refractivity contribution < 1.29 is 14.3 Å². The third kappa shape index (κ3) is 7.77. The van der Waals surface area contributed by atoms with Crippen molar-refractivity contribution in [3.05, 3.63) is 87.3 Å². The Kier molecular flexibility index (Phi) is 11.1. The Balaban J connectivity index is 0.00000405. The number of amides is 1. The molecule has 2 aromatic carbocycles. The van der Waals surface area contributed by atoms with Crippen LogP contribution in [0.2, 0.25) is 0 Å². The molecule has 0 spiro atoms. The Morgan fingerprint density at radius 1 is 1.00 bits per heavy atom. The molecule has 42 heavy (non-hydrogen) atoms. The first-order valence-electron chi connectivity index (χ1n) is 14.6. The second-order valence-corrected chi connectivity index (χ2v) is 10.9. The van der Waals surface area contributed by atoms with Crippen LogP contribution in [0.1, 0.15) is 60.9 Å². The number of hydrogen-bond donors (Lipinski definition) is 2. The van der Waals surface area contributed by atoms with E-state index in [2.05, 4.69) is 10.6 Å². The van der Waals surface area contributed by atoms with Gasteiger partial charge in [0.25, 0.3) is 5.56 Å². The fourth-order valence-electron chi connectivity index (χ4n) is 5.63. The molecular formula is C32H40ClN5O4. The molecule has 5 rings (SSSR count). The number of benzene rings is 2. The fraction of sp³-hybridized carbons (Fsp3) is 0.438. The number of hydrogen-bond acceptors (Lipinski definition) is 7. The summed E-state index contributed by atoms with van der Waals surface area (Å²) in [6.07, 6.45) is 6.96. The van der Waals surface area contributed by atoms with E-state index < -0.39 is 0 Å². The molecule has 1 aliphatic carbocycles. The zero-order valence-electron chi connectivity index (χ0n) is 24.1. The summed E-state index contributed by atoms with van der Waals surface area (Å²) in [5.41, 5.74) is 4.03. The number of halogens is 1. The molecule has 0 bridgehead atoms. The summed E-state index contributed by atoms with van der Waals surface area (Å²) in [5.74, 6) is 0.363. The van der Waals surface area contributed by atoms with Crippen LogP contribution in [0, 0.1) is 0 Å². The highest BCUT2D eigenvalue weighted by atomic mass is 35.5. The molecule has 1 amide bonds. The van der Waals surface area contributed by atoms with Gasteiger partial charge in [-0.15, -0.1) is 12.4 Å². The Morgan fingerprint density at radius 3 is 2.43 bits per heavy atom. The maximum absolute atomic E-state index is 13.9. The third-order valence-corrected chi connectivity index (χ3v) is 7.98. The van der Waals surface area contributed by atoms with Gasteiger partial charge in [0.15, 0.2) is 0 Å². The number of methoxy groups -OCH3 is 1. The summed E-state index contributed by atoms with van der Waals surface area (Å²) in [6.45, 7) is 1.98. The van der Waals surface area contributed by atoms with Crippen molar-refractivity contribution in [1.29, 1.82) is 0 Å². The van der Waals surface area contributed by atoms with Crippen molar-refractivity contribution in [3.8, 4) is 5.69 Å². The summed E-state index contributed by atoms with van der Waals surface area (Å²) < 4.78 is 6.39. The zero-order valence-corrected chi connectivity index (χ0v) is 25.0. The molecule has 0 radical (unpaired) electrons. The van der Waals surface area contributed by atoms with Crippen LogP contribution in [0.3, 0.4) is 0 Å². The topological polar surface area (TPSA) is 106 Å². The molecule has 1 aromatic heterocycles. The fourth-order valence-corrected chi connectivity index (χ4v) is 5.63. The van der Waals surface area contributed by atoms with Crippen LogP contribution in [-0.4, -0.2) is 52.6 Å². The van der Waals surface area contributed by atoms with Crippen LogP contribution < -0.4 is 16.2 Å². The number of esters is 1. The van der Waals surface area contributed by atoms with Crippen molar-refractivity contribution in [2.24, 2.45) is 0 Å². The van der Waals surface area contributed by atoms with Gasteiger partial charge in [0.2, 0.25) is 11.9 Å². The number of nitrogens with zero attached hydrogens (tertiary/aromatic N) is 3. The van der Waals surface area contributed by atoms with Crippen molar-refractivity contribution in [2.45, 2.75) is 70.5 Å². The minimum atomic E-state index is -0.263. The van der Waals surface area contributed by atoms with Gasteiger partial charge in [-0.1, -0.05) is 61.7 Å². The van der Waals surface area contributed by atoms with Crippen molar-refractivity contribution >= 4 is 30.2 Å². The second kappa shape index (κ2) is 15.0. The minimum absolute atomic E-state index is 0. The van der Waals surface area contributed by atoms with Gasteiger partial charge in [-0.05, 0) is 36.1 Å². The lowest BCUT2D eigenvalue weighted by molar-refractivity contribution is -0.139. The monoisotopic (exact) mass is 593 g/mol. The van der Waals surface area contributed by atoms with E-state index >= 15 is 0 Å². The highest BCUT2D eigenvalue weighted by Crippen LogP contribution is 2.24. The van der Waals surface area contributed by atoms with Gasteiger partial charge in [0.1, 0.15) is 0 Å². The quantitative estimate of drug-likeness (QED) is 0.268. The predicted molar refractivity (Wildman–Crippen MR) is 165 cm³/mol. The van der Waals surface area contributed by atoms with E-state index in [4.69, 9.17) is 9.72 Å². The van der Waals surface area contributed by atoms with Gasteiger partial charge in [-0.2, -0.15) is 0 Å². The number of carbonyl (C=O) groups is 2. The van der Waals surface area contributed by atoms with Gasteiger partial charge in [0.05, 0.1) is 37.0 Å². The SMILES string of the molecule is COC(=O)Cc1ccc(CNCCC(=O)N2CCc3nc(NC4CCCCC4)n(-c4ccccc4)c(=O)c3C2)cc1.Cl. The number of nitrogens with one attached hydrogen (secondary N) is 2. The van der Waals surface area contributed by atoms with Crippen LogP contribution >= 0.6 is 12.4 Å². The van der Waals surface area contributed by atoms with E-state index in [-0.39, 0.29) is 42.8 Å². The number of aromatic nitrogens is 2. The normalized spacial score (nSPS) is 14.9. The molecule has 1 saturated carbocycles. The van der Waals surface area contributed by atoms with E-state index in [1.54, 1.807) is 9.47 Å². The van der Waals surface area contributed by atoms with Gasteiger partial charge in [-0.3, -0.25) is 14.4 Å². The van der Waals surface area contributed by atoms with Crippen LogP contribution in [0.15, 0.2) is 59.4 Å². The van der Waals surface area contributed by atoms with E-state index in [9.17, 15) is 14.4 Å². The minimum Gasteiger partial charge on any atom is -0.469 e. The molecule has 9 nitrogen and oxygen atoms in total. The Hall–Kier alpha value is -3.69. The molecule has 0 atom stereocenters. The molecule has 3 aromatic rings. The standard InChI is InChI=1S/C32H39N5O4.ClH/c1-41-30(39)20-23-12-14-24(15-13-23)21-33-18-16-29(38)36-19-17-28-27(22-36)31(40)37(26-10-6-3-7-11-26)32(35-28)34-25-8-4-2-5-9-25;/h3,6-7,10-15,25,33H,2,4-5,8-9,16-22H2,1H3,(H,34,35);1H. The first-order chi connectivity index (χ1) is 20.0. The predicted octanol–water partition coefficient (Wildman–Crippen LogP) is 4.18. The average Bonchev–Trinajstić information content (AvgIpc) is 3.01. The molecule has 0 unspecified atom stereocenters. The van der Waals surface area contributed by atoms with Gasteiger partial charge in [-0.25, -0.2) is 9.55 Å². The van der Waals surface area contributed by atoms with Crippen LogP contribution in [0.5, 0.6) is 0 Å². The number of anilines is 1. The Morgan fingerprint density at radius 2 is 1.71 bits per heavy atom. The number of rotatable bonds is 10. The molecule has 2 heterocycles. The summed E-state index contributed by atoms with van der Waals surface area (Å²) in [7, 11) is 1.38. The summed E-state index contributed by atoms with van der Waals surface area (Å²) >= 11 is 0. The van der Waals surface area contributed by atoms with Gasteiger partial charge < -0.3 is 20.3 Å². The largest absolute Gasteiger partial charge is 0.469 e. The number of para-hydroxylation sites is 1. The first kappa shape index (κ1) is 31.3. The number of ether oxygens (including phenoxy) is 1. The van der Waals surface area contributed by atoms with Crippen molar-refractivity contribution in [2.75, 3.05) is 25.5 Å². The van der Waals surface area contributed by atoms with Crippen LogP contribution in [0.25, 0.3) is 5.69 Å². The van der Waals surface area contributed by atoms with E-state index in [1.165, 1.54) is 26.4 Å². The lowest BCUT2D eigenvalue weighted by Gasteiger charge is -2.30. The van der Waals surface area contributed by atoms with Crippen LogP contribution in [-0.2, 0) is 40.3 Å². The van der Waals surface area contributed by atoms with E-state index in [1.807, 2.05) is 54.6 Å². The maximum atomic E-state index is 13.9. The Labute approximate surface area is 253 Å². The summed E-state index contributed by atoms with van der Waals surface area (Å²) in [5, 5.41) is 6.90. The third-order valence-electron chi connectivity index (χ3n) is 7.98. The molecule has 2 aliphatic rings.